The van der Waals surface area contributed by atoms with Gasteiger partial charge in [-0.3, -0.25) is 19.2 Å². The molecule has 13 nitrogen and oxygen atoms in total. The van der Waals surface area contributed by atoms with Crippen molar-refractivity contribution in [3.8, 4) is 0 Å². The molecule has 284 valence electrons. The van der Waals surface area contributed by atoms with Crippen molar-refractivity contribution in [3.05, 3.63) is 71.8 Å². The summed E-state index contributed by atoms with van der Waals surface area (Å²) in [5, 5.41) is 11.4. The molecule has 2 heterocycles. The number of urea groups is 1. The van der Waals surface area contributed by atoms with E-state index in [9.17, 15) is 24.0 Å². The fraction of sp³-hybridized carbons (Fsp3) is 0.564. The number of unbranched alkanes of at least 4 members (excludes halogenated alkanes) is 1. The summed E-state index contributed by atoms with van der Waals surface area (Å²) in [6.07, 6.45) is 4.17. The highest BCUT2D eigenvalue weighted by atomic mass is 16.2. The van der Waals surface area contributed by atoms with Gasteiger partial charge in [0.1, 0.15) is 18.1 Å². The lowest BCUT2D eigenvalue weighted by Crippen LogP contribution is -2.58. The van der Waals surface area contributed by atoms with Crippen LogP contribution in [0.5, 0.6) is 0 Å². The van der Waals surface area contributed by atoms with Gasteiger partial charge in [-0.05, 0) is 68.5 Å². The molecule has 2 saturated heterocycles. The molecule has 0 aromatic heterocycles. The summed E-state index contributed by atoms with van der Waals surface area (Å²) in [6.45, 7) is 6.66. The van der Waals surface area contributed by atoms with Gasteiger partial charge in [0, 0.05) is 45.1 Å². The van der Waals surface area contributed by atoms with Crippen LogP contribution in [0, 0.1) is 11.3 Å². The highest BCUT2D eigenvalue weighted by molar-refractivity contribution is 5.95. The second-order valence-corrected chi connectivity index (χ2v) is 14.8. The van der Waals surface area contributed by atoms with E-state index >= 15 is 0 Å². The number of hydrogen-bond donors (Lipinski definition) is 6. The number of hydrogen-bond acceptors (Lipinski definition) is 7. The number of rotatable bonds is 17. The molecule has 8 N–H and O–H groups in total. The molecule has 52 heavy (non-hydrogen) atoms. The van der Waals surface area contributed by atoms with E-state index < -0.39 is 41.9 Å². The van der Waals surface area contributed by atoms with Gasteiger partial charge < -0.3 is 42.5 Å². The molecule has 0 aliphatic carbocycles. The number of carbonyl (C=O) groups is 5. The normalized spacial score (nSPS) is 19.2. The third-order valence-electron chi connectivity index (χ3n) is 10.1. The first-order chi connectivity index (χ1) is 24.9. The summed E-state index contributed by atoms with van der Waals surface area (Å²) >= 11 is 0. The molecule has 5 atom stereocenters. The monoisotopic (exact) mass is 718 g/mol. The molecule has 2 aliphatic rings. The second kappa shape index (κ2) is 19.4. The maximum atomic E-state index is 14.0. The van der Waals surface area contributed by atoms with Crippen LogP contribution in [0.4, 0.5) is 4.79 Å². The number of nitrogens with one attached hydrogen (secondary N) is 4. The molecular weight excluding hydrogens is 660 g/mol. The van der Waals surface area contributed by atoms with E-state index in [1.807, 2.05) is 74.5 Å². The van der Waals surface area contributed by atoms with E-state index in [1.165, 1.54) is 0 Å². The van der Waals surface area contributed by atoms with Gasteiger partial charge in [-0.1, -0.05) is 74.5 Å². The van der Waals surface area contributed by atoms with Gasteiger partial charge in [-0.15, -0.1) is 0 Å². The standard InChI is InChI=1S/C39H58N8O5/c1-27(2)22-32(45-36(50)33(24-29-14-8-5-9-15-29)44-34(48)30(41)23-28-12-6-4-7-13-28)35(49)43-31(16-10-11-19-40)37(51)46-20-17-39(25-46)18-21-47(26-39)38(52)42-3/h4-9,12-15,27,30-33H,10-11,16-26,40-41H2,1-3H3,(H,42,52)(H,43,49)(H,44,48)(H,45,50)/t30-,31-,32-,33-,39?/m1/s1. The highest BCUT2D eigenvalue weighted by Crippen LogP contribution is 2.39. The summed E-state index contributed by atoms with van der Waals surface area (Å²) in [5.41, 5.74) is 13.6. The van der Waals surface area contributed by atoms with Crippen molar-refractivity contribution in [2.24, 2.45) is 22.8 Å². The van der Waals surface area contributed by atoms with E-state index in [1.54, 1.807) is 16.8 Å². The number of nitrogens with two attached hydrogens (primary N) is 2. The summed E-state index contributed by atoms with van der Waals surface area (Å²) in [6, 6.07) is 15.0. The van der Waals surface area contributed by atoms with Gasteiger partial charge in [0.2, 0.25) is 23.6 Å². The first-order valence-electron chi connectivity index (χ1n) is 18.6. The molecule has 1 unspecified atom stereocenters. The van der Waals surface area contributed by atoms with Crippen molar-refractivity contribution in [2.75, 3.05) is 39.8 Å². The Kier molecular flexibility index (Phi) is 15.0. The van der Waals surface area contributed by atoms with Crippen LogP contribution in [0.1, 0.15) is 63.5 Å². The van der Waals surface area contributed by atoms with Gasteiger partial charge in [-0.25, -0.2) is 4.79 Å². The molecule has 0 radical (unpaired) electrons. The molecule has 0 saturated carbocycles. The molecule has 4 rings (SSSR count). The maximum Gasteiger partial charge on any atom is 0.317 e. The van der Waals surface area contributed by atoms with Gasteiger partial charge in [0.25, 0.3) is 0 Å². The fourth-order valence-electron chi connectivity index (χ4n) is 7.24. The van der Waals surface area contributed by atoms with Crippen LogP contribution in [0.2, 0.25) is 0 Å². The Balaban J connectivity index is 1.47. The van der Waals surface area contributed by atoms with Crippen LogP contribution in [-0.4, -0.2) is 103 Å². The average molecular weight is 719 g/mol. The van der Waals surface area contributed by atoms with Crippen molar-refractivity contribution in [1.82, 2.24) is 31.1 Å². The van der Waals surface area contributed by atoms with Gasteiger partial charge >= 0.3 is 6.03 Å². The Labute approximate surface area is 308 Å². The Morgan fingerprint density at radius 1 is 0.731 bits per heavy atom. The molecule has 2 fully saturated rings. The molecule has 13 heteroatoms. The Hall–Kier alpha value is -4.49. The SMILES string of the molecule is CNC(=O)N1CCC2(CCN(C(=O)[C@@H](CCCCN)NC(=O)[C@@H](CC(C)C)NC(=O)[C@@H](Cc3ccccc3)NC(=O)[C@H](N)Cc3ccccc3)C2)C1. The minimum absolute atomic E-state index is 0.0352. The third kappa shape index (κ3) is 11.5. The van der Waals surface area contributed by atoms with Crippen LogP contribution >= 0.6 is 0 Å². The lowest BCUT2D eigenvalue weighted by Gasteiger charge is -2.29. The van der Waals surface area contributed by atoms with E-state index in [4.69, 9.17) is 11.5 Å². The lowest BCUT2D eigenvalue weighted by molar-refractivity contribution is -0.137. The molecule has 0 bridgehead atoms. The first kappa shape index (κ1) is 40.3. The van der Waals surface area contributed by atoms with Gasteiger partial charge in [0.15, 0.2) is 0 Å². The van der Waals surface area contributed by atoms with Crippen LogP contribution in [0.25, 0.3) is 0 Å². The molecule has 1 spiro atoms. The minimum atomic E-state index is -0.997. The smallest absolute Gasteiger partial charge is 0.317 e. The molecule has 2 aromatic rings. The Morgan fingerprint density at radius 2 is 1.27 bits per heavy atom. The second-order valence-electron chi connectivity index (χ2n) is 14.8. The quantitative estimate of drug-likeness (QED) is 0.134. The number of likely N-dealkylation sites (tertiary alicyclic amines) is 2. The lowest BCUT2D eigenvalue weighted by atomic mass is 9.86. The topological polar surface area (TPSA) is 192 Å². The van der Waals surface area contributed by atoms with Crippen LogP contribution in [-0.2, 0) is 32.0 Å². The van der Waals surface area contributed by atoms with Crippen molar-refractivity contribution in [2.45, 2.75) is 89.4 Å². The fourth-order valence-corrected chi connectivity index (χ4v) is 7.24. The van der Waals surface area contributed by atoms with Crippen LogP contribution in [0.15, 0.2) is 60.7 Å². The minimum Gasteiger partial charge on any atom is -0.343 e. The third-order valence-corrected chi connectivity index (χ3v) is 10.1. The van der Waals surface area contributed by atoms with E-state index in [0.717, 1.165) is 24.0 Å². The van der Waals surface area contributed by atoms with Crippen molar-refractivity contribution in [1.29, 1.82) is 0 Å². The number of nitrogens with zero attached hydrogens (tertiary/aromatic N) is 2. The number of amides is 6. The Morgan fingerprint density at radius 3 is 1.87 bits per heavy atom. The van der Waals surface area contributed by atoms with E-state index in [-0.39, 0.29) is 29.7 Å². The number of benzene rings is 2. The van der Waals surface area contributed by atoms with Crippen molar-refractivity contribution >= 4 is 29.7 Å². The van der Waals surface area contributed by atoms with Gasteiger partial charge in [-0.2, -0.15) is 0 Å². The Bertz CT molecular complexity index is 1490. The van der Waals surface area contributed by atoms with E-state index in [0.29, 0.717) is 64.8 Å². The van der Waals surface area contributed by atoms with Crippen LogP contribution in [0.3, 0.4) is 0 Å². The molecule has 6 amide bonds. The van der Waals surface area contributed by atoms with Crippen molar-refractivity contribution < 1.29 is 24.0 Å². The summed E-state index contributed by atoms with van der Waals surface area (Å²) in [4.78, 5) is 71.2. The number of carbonyl (C=O) groups excluding carboxylic acids is 5. The largest absolute Gasteiger partial charge is 0.343 e. The van der Waals surface area contributed by atoms with Gasteiger partial charge in [0.05, 0.1) is 6.04 Å². The first-order valence-corrected chi connectivity index (χ1v) is 18.6. The molecule has 2 aromatic carbocycles. The maximum absolute atomic E-state index is 14.0. The summed E-state index contributed by atoms with van der Waals surface area (Å²) in [5.74, 6) is -1.58. The zero-order valence-electron chi connectivity index (χ0n) is 30.9. The summed E-state index contributed by atoms with van der Waals surface area (Å²) in [7, 11) is 1.61. The predicted octanol–water partition coefficient (Wildman–Crippen LogP) is 1.69. The summed E-state index contributed by atoms with van der Waals surface area (Å²) < 4.78 is 0. The molecular formula is C39H58N8O5. The van der Waals surface area contributed by atoms with Crippen molar-refractivity contribution in [3.63, 3.8) is 0 Å². The predicted molar refractivity (Wildman–Crippen MR) is 201 cm³/mol. The average Bonchev–Trinajstić information content (AvgIpc) is 3.76. The zero-order chi connectivity index (χ0) is 37.7. The molecule has 2 aliphatic heterocycles. The van der Waals surface area contributed by atoms with Crippen LogP contribution < -0.4 is 32.7 Å². The highest BCUT2D eigenvalue weighted by Gasteiger charge is 2.47. The van der Waals surface area contributed by atoms with E-state index in [2.05, 4.69) is 21.3 Å². The zero-order valence-corrected chi connectivity index (χ0v) is 30.9.